The van der Waals surface area contributed by atoms with E-state index in [2.05, 4.69) is 21.3 Å². The van der Waals surface area contributed by atoms with Crippen molar-refractivity contribution in [2.75, 3.05) is 64.2 Å². The number of nitrogens with one attached hydrogen (secondary N) is 4. The molecule has 4 atom stereocenters. The van der Waals surface area contributed by atoms with E-state index in [-0.39, 0.29) is 70.1 Å². The lowest BCUT2D eigenvalue weighted by Gasteiger charge is -2.31. The number of benzene rings is 2. The van der Waals surface area contributed by atoms with Gasteiger partial charge in [0.1, 0.15) is 0 Å². The van der Waals surface area contributed by atoms with Crippen LogP contribution >= 0.6 is 113 Å². The smallest absolute Gasteiger partial charge is 0.255 e. The SMILES string of the molecule is Cc1c(NC(=O)C(O)CO)c(I)c(C(=O)N(C)CC(O)CO)c(I)c1C(=O)NC1CCC(NC(=O)c2c(I)c(NC(=O)C(O)CO)c(I)c(C(=O)N(C)CC(O)CO)c2I)CC1. The molecule has 1 aliphatic carbocycles. The summed E-state index contributed by atoms with van der Waals surface area (Å²) in [6.07, 6.45) is -4.55. The molecule has 1 aliphatic rings. The maximum Gasteiger partial charge on any atom is 0.255 e. The van der Waals surface area contributed by atoms with Crippen molar-refractivity contribution in [3.63, 3.8) is 0 Å². The summed E-state index contributed by atoms with van der Waals surface area (Å²) in [5.74, 6) is -4.40. The molecule has 0 bridgehead atoms. The Labute approximate surface area is 424 Å². The Morgan fingerprint density at radius 2 is 0.887 bits per heavy atom. The van der Waals surface area contributed by atoms with E-state index in [1.165, 1.54) is 14.1 Å². The summed E-state index contributed by atoms with van der Waals surface area (Å²) in [5.41, 5.74) is 0.460. The molecule has 0 saturated heterocycles. The summed E-state index contributed by atoms with van der Waals surface area (Å²) in [6, 6.07) is -0.820. The Morgan fingerprint density at radius 3 is 1.27 bits per heavy atom. The summed E-state index contributed by atoms with van der Waals surface area (Å²) >= 11 is 9.20. The summed E-state index contributed by atoms with van der Waals surface area (Å²) in [7, 11) is 2.78. The average Bonchev–Trinajstić information content (AvgIpc) is 3.23. The zero-order valence-electron chi connectivity index (χ0n) is 33.3. The number of amides is 6. The molecule has 12 N–H and O–H groups in total. The minimum absolute atomic E-state index is 0.0108. The normalized spacial score (nSPS) is 17.0. The molecule has 344 valence electrons. The van der Waals surface area contributed by atoms with Crippen LogP contribution in [0.3, 0.4) is 0 Å². The third kappa shape index (κ3) is 13.4. The van der Waals surface area contributed by atoms with Crippen molar-refractivity contribution in [1.82, 2.24) is 20.4 Å². The molecule has 0 heterocycles. The summed E-state index contributed by atoms with van der Waals surface area (Å²) in [4.78, 5) is 83.4. The molecule has 4 unspecified atom stereocenters. The zero-order valence-corrected chi connectivity index (χ0v) is 44.1. The number of rotatable bonds is 18. The molecule has 6 amide bonds. The van der Waals surface area contributed by atoms with E-state index in [9.17, 15) is 69.6 Å². The molecule has 3 rings (SSSR count). The van der Waals surface area contributed by atoms with Crippen molar-refractivity contribution in [3.8, 4) is 0 Å². The molecule has 0 aromatic heterocycles. The van der Waals surface area contributed by atoms with Crippen molar-refractivity contribution in [2.45, 2.75) is 69.1 Å². The van der Waals surface area contributed by atoms with Crippen molar-refractivity contribution in [1.29, 1.82) is 0 Å². The van der Waals surface area contributed by atoms with Gasteiger partial charge in [-0.05, 0) is 151 Å². The predicted molar refractivity (Wildman–Crippen MR) is 266 cm³/mol. The van der Waals surface area contributed by atoms with Crippen molar-refractivity contribution < 1.29 is 69.6 Å². The van der Waals surface area contributed by atoms with E-state index in [1.54, 1.807) is 6.92 Å². The number of carbonyl (C=O) groups is 6. The first-order chi connectivity index (χ1) is 29.1. The number of hydrogen-bond donors (Lipinski definition) is 12. The molecule has 62 heavy (non-hydrogen) atoms. The number of hydrogen-bond acceptors (Lipinski definition) is 14. The van der Waals surface area contributed by atoms with Crippen LogP contribution in [-0.2, 0) is 9.59 Å². The highest BCUT2D eigenvalue weighted by molar-refractivity contribution is 14.1. The van der Waals surface area contributed by atoms with E-state index in [1.807, 2.05) is 113 Å². The lowest BCUT2D eigenvalue weighted by molar-refractivity contribution is -0.126. The first-order valence-corrected chi connectivity index (χ1v) is 24.1. The molecule has 1 saturated carbocycles. The van der Waals surface area contributed by atoms with Crippen molar-refractivity contribution >= 4 is 160 Å². The number of anilines is 2. The standard InChI is InChI=1S/C37H47I5N6O14/c1-14-21(25(38)23(36(61)47(2)8-17(53)10-49)28(41)30(14)45-32(57)19(55)12-51)34(59)43-15-4-6-16(7-5-15)44-35(60)22-26(39)24(37(62)48(3)9-18(54)11-50)29(42)31(27(22)40)46-33(58)20(56)13-52/h15-20,49-56H,4-13H2,1-3H3,(H,43,59)(H,44,60)(H,45,57)(H,46,58). The number of nitrogens with zero attached hydrogens (tertiary/aromatic N) is 2. The van der Waals surface area contributed by atoms with Gasteiger partial charge in [-0.2, -0.15) is 0 Å². The predicted octanol–water partition coefficient (Wildman–Crippen LogP) is -0.0772. The molecular formula is C37H47I5N6O14. The van der Waals surface area contributed by atoms with Gasteiger partial charge in [0.2, 0.25) is 0 Å². The van der Waals surface area contributed by atoms with Gasteiger partial charge in [-0.15, -0.1) is 0 Å². The van der Waals surface area contributed by atoms with Crippen LogP contribution in [0.4, 0.5) is 11.4 Å². The Kier molecular flexibility index (Phi) is 22.1. The first-order valence-electron chi connectivity index (χ1n) is 18.7. The van der Waals surface area contributed by atoms with Crippen molar-refractivity contribution in [3.05, 3.63) is 45.7 Å². The third-order valence-electron chi connectivity index (χ3n) is 9.76. The molecule has 1 fully saturated rings. The lowest BCUT2D eigenvalue weighted by Crippen LogP contribution is -2.44. The van der Waals surface area contributed by atoms with Crippen LogP contribution in [0.5, 0.6) is 0 Å². The Hall–Kier alpha value is -1.41. The van der Waals surface area contributed by atoms with Crippen LogP contribution in [0.25, 0.3) is 0 Å². The van der Waals surface area contributed by atoms with Crippen LogP contribution in [0, 0.1) is 24.8 Å². The molecule has 0 radical (unpaired) electrons. The second-order valence-corrected chi connectivity index (χ2v) is 19.8. The van der Waals surface area contributed by atoms with Crippen LogP contribution in [0.15, 0.2) is 0 Å². The highest BCUT2D eigenvalue weighted by Crippen LogP contribution is 2.38. The van der Waals surface area contributed by atoms with Gasteiger partial charge < -0.3 is 71.9 Å². The van der Waals surface area contributed by atoms with Gasteiger partial charge in [-0.1, -0.05) is 0 Å². The second-order valence-electron chi connectivity index (χ2n) is 14.4. The highest BCUT2D eigenvalue weighted by atomic mass is 127. The Morgan fingerprint density at radius 1 is 0.548 bits per heavy atom. The quantitative estimate of drug-likeness (QED) is 0.0870. The van der Waals surface area contributed by atoms with E-state index in [0.29, 0.717) is 25.7 Å². The molecule has 2 aromatic carbocycles. The number of halogens is 5. The fraction of sp³-hybridized carbons (Fsp3) is 0.514. The van der Waals surface area contributed by atoms with E-state index in [4.69, 9.17) is 0 Å². The molecule has 0 spiro atoms. The summed E-state index contributed by atoms with van der Waals surface area (Å²) < 4.78 is 1.14. The lowest BCUT2D eigenvalue weighted by atomic mass is 9.90. The molecule has 2 aromatic rings. The van der Waals surface area contributed by atoms with E-state index < -0.39 is 98.4 Å². The van der Waals surface area contributed by atoms with Crippen LogP contribution < -0.4 is 21.3 Å². The van der Waals surface area contributed by atoms with E-state index >= 15 is 0 Å². The maximum absolute atomic E-state index is 14.1. The van der Waals surface area contributed by atoms with Gasteiger partial charge >= 0.3 is 0 Å². The van der Waals surface area contributed by atoms with Gasteiger partial charge in [-0.25, -0.2) is 0 Å². The number of aliphatic hydroxyl groups is 8. The average molecular weight is 1430 g/mol. The largest absolute Gasteiger partial charge is 0.394 e. The monoisotopic (exact) mass is 1430 g/mol. The van der Waals surface area contributed by atoms with Gasteiger partial charge in [0.15, 0.2) is 12.2 Å². The van der Waals surface area contributed by atoms with Gasteiger partial charge in [-0.3, -0.25) is 28.8 Å². The minimum atomic E-state index is -1.80. The Bertz CT molecular complexity index is 1900. The molecule has 20 nitrogen and oxygen atoms in total. The first kappa shape index (κ1) is 54.9. The van der Waals surface area contributed by atoms with Gasteiger partial charge in [0.25, 0.3) is 35.4 Å². The number of likely N-dealkylation sites (N-methyl/N-ethyl adjacent to an activating group) is 2. The van der Waals surface area contributed by atoms with E-state index in [0.717, 1.165) is 9.80 Å². The molecule has 25 heteroatoms. The topological polar surface area (TPSA) is 319 Å². The van der Waals surface area contributed by atoms with Crippen LogP contribution in [0.2, 0.25) is 0 Å². The second kappa shape index (κ2) is 24.9. The summed E-state index contributed by atoms with van der Waals surface area (Å²) in [5, 5.41) is 88.3. The molecular weight excluding hydrogens is 1390 g/mol. The number of aliphatic hydroxyl groups excluding tert-OH is 8. The van der Waals surface area contributed by atoms with Gasteiger partial charge in [0.05, 0.1) is 83.0 Å². The molecule has 0 aliphatic heterocycles. The van der Waals surface area contributed by atoms with Crippen LogP contribution in [0.1, 0.15) is 72.7 Å². The highest BCUT2D eigenvalue weighted by Gasteiger charge is 2.35. The third-order valence-corrected chi connectivity index (χ3v) is 15.1. The Balaban J connectivity index is 1.93. The summed E-state index contributed by atoms with van der Waals surface area (Å²) in [6.45, 7) is -1.94. The fourth-order valence-electron chi connectivity index (χ4n) is 6.34. The minimum Gasteiger partial charge on any atom is -0.394 e. The fourth-order valence-corrected chi connectivity index (χ4v) is 13.4. The zero-order chi connectivity index (χ0) is 46.9. The van der Waals surface area contributed by atoms with Crippen molar-refractivity contribution in [2.24, 2.45) is 0 Å². The maximum atomic E-state index is 14.1. The number of carbonyl (C=O) groups excluding carboxylic acids is 6. The van der Waals surface area contributed by atoms with Crippen LogP contribution in [-0.4, -0.2) is 176 Å². The van der Waals surface area contributed by atoms with Gasteiger partial charge in [0, 0.05) is 46.4 Å².